The van der Waals surface area contributed by atoms with Crippen molar-refractivity contribution in [2.45, 2.75) is 0 Å². The summed E-state index contributed by atoms with van der Waals surface area (Å²) in [6, 6.07) is 0. The molecule has 4 amide bonds. The van der Waals surface area contributed by atoms with E-state index in [4.69, 9.17) is 0 Å². The summed E-state index contributed by atoms with van der Waals surface area (Å²) in [5.74, 6) is -4.27. The fourth-order valence-electron chi connectivity index (χ4n) is 4.68. The molecule has 3 aromatic rings. The Morgan fingerprint density at radius 2 is 0.509 bits per heavy atom. The van der Waals surface area contributed by atoms with Crippen LogP contribution in [0.1, 0.15) is 42.5 Å². The van der Waals surface area contributed by atoms with Gasteiger partial charge in [-0.1, -0.05) is 0 Å². The number of hydrogen-bond donors (Lipinski definition) is 0. The summed E-state index contributed by atoms with van der Waals surface area (Å²) in [6.07, 6.45) is 0. The van der Waals surface area contributed by atoms with Gasteiger partial charge in [-0.3, -0.25) is 19.2 Å². The maximum absolute atomic E-state index is 13.7. The van der Waals surface area contributed by atoms with Gasteiger partial charge >= 0.3 is 19.5 Å². The van der Waals surface area contributed by atoms with E-state index in [1.165, 1.54) is 76.0 Å². The van der Waals surface area contributed by atoms with E-state index in [0.29, 0.717) is 22.7 Å². The van der Waals surface area contributed by atoms with E-state index in [1.807, 2.05) is 0 Å². The van der Waals surface area contributed by atoms with Gasteiger partial charge in [-0.2, -0.15) is 0 Å². The van der Waals surface area contributed by atoms with Crippen LogP contribution in [-0.4, -0.2) is 186 Å². The Labute approximate surface area is 322 Å². The van der Waals surface area contributed by atoms with Gasteiger partial charge < -0.3 is 69.1 Å². The summed E-state index contributed by atoms with van der Waals surface area (Å²) >= 11 is 0. The van der Waals surface area contributed by atoms with Crippen molar-refractivity contribution >= 4 is 69.0 Å². The van der Waals surface area contributed by atoms with E-state index in [0.717, 1.165) is 0 Å². The van der Waals surface area contributed by atoms with Crippen LogP contribution in [0.5, 0.6) is 0 Å². The van der Waals surface area contributed by atoms with Gasteiger partial charge in [0.25, 0.3) is 23.6 Å². The molecule has 0 saturated carbocycles. The third kappa shape index (κ3) is 9.51. The molecule has 0 aromatic carbocycles. The molecule has 0 fully saturated rings. The molecule has 0 radical (unpaired) electrons. The number of amides is 4. The minimum atomic E-state index is -0.655. The molecular formula is C32H48N16O4Zn. The predicted octanol–water partition coefficient (Wildman–Crippen LogP) is -0.405. The first kappa shape index (κ1) is 43.7. The SMILES string of the molecule is CN(C)C(=O)c1nc(C(=O)N(C)C)nc2[n-]c(nc(C(=O)N(C)C)nc(C(=O)N(C)C)nc3[n-]c(n1)c(N(C)C)c3N(C)C)c(N(C)C)c2N(C)C.[Zn+2]. The van der Waals surface area contributed by atoms with Crippen LogP contribution in [0.3, 0.4) is 0 Å². The van der Waals surface area contributed by atoms with Crippen LogP contribution in [0.25, 0.3) is 22.6 Å². The molecule has 3 heterocycles. The van der Waals surface area contributed by atoms with Gasteiger partial charge in [0.05, 0.1) is 22.7 Å². The monoisotopic (exact) mass is 784 g/mol. The molecule has 4 bridgehead atoms. The molecule has 21 heteroatoms. The van der Waals surface area contributed by atoms with Gasteiger partial charge in [0.15, 0.2) is 23.3 Å². The fraction of sp³-hybridized carbons (Fsp3) is 0.500. The van der Waals surface area contributed by atoms with Crippen molar-refractivity contribution in [2.24, 2.45) is 0 Å². The number of rotatable bonds is 8. The third-order valence-electron chi connectivity index (χ3n) is 7.17. The van der Waals surface area contributed by atoms with Crippen LogP contribution >= 0.6 is 0 Å². The van der Waals surface area contributed by atoms with Crippen molar-refractivity contribution in [1.29, 1.82) is 0 Å². The summed E-state index contributed by atoms with van der Waals surface area (Å²) < 4.78 is 0. The Morgan fingerprint density at radius 3 is 0.642 bits per heavy atom. The smallest absolute Gasteiger partial charge is 0.375 e. The van der Waals surface area contributed by atoms with Crippen LogP contribution < -0.4 is 29.6 Å². The normalized spacial score (nSPS) is 10.4. The Balaban J connectivity index is 0.00000972. The molecule has 53 heavy (non-hydrogen) atoms. The van der Waals surface area contributed by atoms with Crippen molar-refractivity contribution in [3.63, 3.8) is 0 Å². The Morgan fingerprint density at radius 1 is 0.340 bits per heavy atom. The number of fused-ring (bicyclic) bond motifs is 4. The van der Waals surface area contributed by atoms with Gasteiger partial charge in [0.2, 0.25) is 0 Å². The molecule has 3 aromatic heterocycles. The van der Waals surface area contributed by atoms with Crippen LogP contribution in [0.2, 0.25) is 0 Å². The van der Waals surface area contributed by atoms with E-state index in [1.54, 1.807) is 76.0 Å². The molecule has 0 N–H and O–H groups in total. The summed E-state index contributed by atoms with van der Waals surface area (Å²) in [6.45, 7) is 0. The average Bonchev–Trinajstić information content (AvgIpc) is 3.59. The van der Waals surface area contributed by atoms with E-state index in [2.05, 4.69) is 39.9 Å². The minimum absolute atomic E-state index is 0. The molecule has 20 nitrogen and oxygen atoms in total. The van der Waals surface area contributed by atoms with E-state index in [-0.39, 0.29) is 42.1 Å². The van der Waals surface area contributed by atoms with Crippen molar-refractivity contribution in [3.8, 4) is 0 Å². The van der Waals surface area contributed by atoms with Crippen molar-refractivity contribution in [1.82, 2.24) is 59.5 Å². The van der Waals surface area contributed by atoms with Crippen molar-refractivity contribution < 1.29 is 38.7 Å². The Bertz CT molecular complexity index is 1740. The van der Waals surface area contributed by atoms with Crippen LogP contribution in [0.4, 0.5) is 22.7 Å². The Hall–Kier alpha value is -5.46. The number of anilines is 4. The van der Waals surface area contributed by atoms with E-state index < -0.39 is 46.9 Å². The van der Waals surface area contributed by atoms with E-state index >= 15 is 0 Å². The molecule has 0 spiro atoms. The number of carbonyl (C=O) groups is 4. The van der Waals surface area contributed by atoms with Crippen LogP contribution in [0, 0.1) is 0 Å². The summed E-state index contributed by atoms with van der Waals surface area (Å²) in [5, 5.41) is 0. The largest absolute Gasteiger partial charge is 2.00 e. The molecule has 0 unspecified atom stereocenters. The fourth-order valence-corrected chi connectivity index (χ4v) is 4.68. The number of aromatic nitrogens is 8. The Kier molecular flexibility index (Phi) is 14.3. The molecule has 0 saturated heterocycles. The standard InChI is InChI=1S/C32H49N16O4.Zn/c1-41(2)17-18(42(3)4)22-33-21(17)35-25(29(49)45(9)10)39-27(31(51)47(13)14)37-23-19(43(5)6)20(44(7)8)24(34-23)38-28(32(52)48(15)16)40-26(36-22)30(50)46(11)12;/h1-16H3,(H-,33,34,35,36,37,38,39,40,49,50,51,52);/q-1;+2/p-1. The second-order valence-electron chi connectivity index (χ2n) is 13.3. The molecule has 3 rings (SSSR count). The van der Waals surface area contributed by atoms with Gasteiger partial charge in [-0.25, -0.2) is 9.97 Å². The molecule has 0 atom stereocenters. The first-order valence-corrected chi connectivity index (χ1v) is 15.8. The van der Waals surface area contributed by atoms with Gasteiger partial charge in [0, 0.05) is 135 Å². The molecule has 0 aliphatic carbocycles. The molecule has 282 valence electrons. The molecule has 0 aliphatic heterocycles. The number of carbonyl (C=O) groups excluding carboxylic acids is 4. The maximum atomic E-state index is 13.7. The quantitative estimate of drug-likeness (QED) is 0.267. The zero-order valence-corrected chi connectivity index (χ0v) is 36.5. The summed E-state index contributed by atoms with van der Waals surface area (Å²) in [7, 11) is 26.1. The van der Waals surface area contributed by atoms with E-state index in [9.17, 15) is 19.2 Å². The maximum Gasteiger partial charge on any atom is 2.00 e. The molecule has 0 aliphatic rings. The average molecular weight is 786 g/mol. The van der Waals surface area contributed by atoms with Crippen molar-refractivity contribution in [3.05, 3.63) is 23.3 Å². The van der Waals surface area contributed by atoms with Crippen LogP contribution in [0.15, 0.2) is 0 Å². The van der Waals surface area contributed by atoms with Gasteiger partial charge in [-0.15, -0.1) is 0 Å². The van der Waals surface area contributed by atoms with Crippen molar-refractivity contribution in [2.75, 3.05) is 132 Å². The third-order valence-corrected chi connectivity index (χ3v) is 7.17. The van der Waals surface area contributed by atoms with Gasteiger partial charge in [-0.05, 0) is 0 Å². The zero-order chi connectivity index (χ0) is 39.5. The minimum Gasteiger partial charge on any atom is -0.375 e. The predicted molar refractivity (Wildman–Crippen MR) is 199 cm³/mol. The topological polar surface area (TPSA) is 200 Å². The summed E-state index contributed by atoms with van der Waals surface area (Å²) in [5.41, 5.74) is 1.63. The first-order chi connectivity index (χ1) is 24.1. The summed E-state index contributed by atoms with van der Waals surface area (Å²) in [4.78, 5) is 103. The first-order valence-electron chi connectivity index (χ1n) is 15.8. The molecular weight excluding hydrogens is 738 g/mol. The second kappa shape index (κ2) is 17.4. The zero-order valence-electron chi connectivity index (χ0n) is 33.5. The van der Waals surface area contributed by atoms with Crippen LogP contribution in [-0.2, 0) is 19.5 Å². The number of nitrogens with zero attached hydrogens (tertiary/aromatic N) is 16. The van der Waals surface area contributed by atoms with Gasteiger partial charge in [0.1, 0.15) is 0 Å². The second-order valence-corrected chi connectivity index (χ2v) is 13.3. The number of hydrogen-bond acceptors (Lipinski definition) is 14.